The highest BCUT2D eigenvalue weighted by atomic mass is 32.2. The van der Waals surface area contributed by atoms with E-state index in [9.17, 15) is 9.18 Å². The van der Waals surface area contributed by atoms with Gasteiger partial charge in [0.2, 0.25) is 11.8 Å². The van der Waals surface area contributed by atoms with Crippen molar-refractivity contribution in [2.45, 2.75) is 18.2 Å². The zero-order chi connectivity index (χ0) is 17.9. The molecular formula is C19H16FN3O2S. The highest BCUT2D eigenvalue weighted by Gasteiger charge is 2.21. The molecule has 2 aromatic carbocycles. The Balaban J connectivity index is 1.36. The summed E-state index contributed by atoms with van der Waals surface area (Å²) in [5.41, 5.74) is 3.16. The van der Waals surface area contributed by atoms with Crippen molar-refractivity contribution in [3.63, 3.8) is 0 Å². The fourth-order valence-electron chi connectivity index (χ4n) is 2.90. The summed E-state index contributed by atoms with van der Waals surface area (Å²) in [6, 6.07) is 14.0. The lowest BCUT2D eigenvalue weighted by Crippen LogP contribution is -2.37. The van der Waals surface area contributed by atoms with Crippen LogP contribution in [-0.4, -0.2) is 33.3 Å². The second-order valence-electron chi connectivity index (χ2n) is 6.00. The molecule has 26 heavy (non-hydrogen) atoms. The number of amides is 1. The van der Waals surface area contributed by atoms with Gasteiger partial charge in [0.15, 0.2) is 0 Å². The molecule has 0 atom stereocenters. The lowest BCUT2D eigenvalue weighted by Gasteiger charge is -2.28. The first-order valence-corrected chi connectivity index (χ1v) is 9.24. The van der Waals surface area contributed by atoms with Crippen LogP contribution in [0.4, 0.5) is 4.39 Å². The molecule has 0 N–H and O–H groups in total. The van der Waals surface area contributed by atoms with Crippen molar-refractivity contribution in [1.82, 2.24) is 15.1 Å². The first-order valence-electron chi connectivity index (χ1n) is 8.26. The molecular weight excluding hydrogens is 353 g/mol. The molecule has 0 saturated heterocycles. The predicted molar refractivity (Wildman–Crippen MR) is 96.0 cm³/mol. The van der Waals surface area contributed by atoms with E-state index in [-0.39, 0.29) is 17.5 Å². The molecule has 4 rings (SSSR count). The molecule has 0 saturated carbocycles. The van der Waals surface area contributed by atoms with E-state index < -0.39 is 0 Å². The molecule has 0 aliphatic carbocycles. The minimum Gasteiger partial charge on any atom is -0.411 e. The Bertz CT molecular complexity index is 927. The van der Waals surface area contributed by atoms with Crippen LogP contribution in [0, 0.1) is 5.82 Å². The molecule has 0 fully saturated rings. The maximum atomic E-state index is 13.0. The Morgan fingerprint density at radius 2 is 1.88 bits per heavy atom. The van der Waals surface area contributed by atoms with Gasteiger partial charge < -0.3 is 9.32 Å². The highest BCUT2D eigenvalue weighted by Crippen LogP contribution is 2.24. The molecule has 0 bridgehead atoms. The number of carbonyl (C=O) groups is 1. The summed E-state index contributed by atoms with van der Waals surface area (Å²) in [6.07, 6.45) is 0.877. The third kappa shape index (κ3) is 3.62. The Morgan fingerprint density at radius 3 is 2.69 bits per heavy atom. The SMILES string of the molecule is O=C(CSc1nnc(-c2ccc(F)cc2)o1)N1CCc2ccccc2C1. The molecule has 1 aliphatic heterocycles. The minimum atomic E-state index is -0.323. The minimum absolute atomic E-state index is 0.0473. The highest BCUT2D eigenvalue weighted by molar-refractivity contribution is 7.99. The monoisotopic (exact) mass is 369 g/mol. The molecule has 0 spiro atoms. The van der Waals surface area contributed by atoms with Crippen LogP contribution in [-0.2, 0) is 17.8 Å². The normalized spacial score (nSPS) is 13.5. The van der Waals surface area contributed by atoms with E-state index >= 15 is 0 Å². The Kier molecular flexibility index (Phi) is 4.71. The maximum absolute atomic E-state index is 13.0. The van der Waals surface area contributed by atoms with Crippen LogP contribution in [0.1, 0.15) is 11.1 Å². The molecule has 0 radical (unpaired) electrons. The number of hydrogen-bond donors (Lipinski definition) is 0. The van der Waals surface area contributed by atoms with Gasteiger partial charge in [-0.2, -0.15) is 0 Å². The van der Waals surface area contributed by atoms with E-state index in [4.69, 9.17) is 4.42 Å². The van der Waals surface area contributed by atoms with Gasteiger partial charge in [-0.15, -0.1) is 10.2 Å². The summed E-state index contributed by atoms with van der Waals surface area (Å²) in [6.45, 7) is 1.36. The van der Waals surface area contributed by atoms with E-state index in [0.717, 1.165) is 13.0 Å². The van der Waals surface area contributed by atoms with Crippen molar-refractivity contribution in [3.05, 3.63) is 65.5 Å². The van der Waals surface area contributed by atoms with Crippen LogP contribution in [0.2, 0.25) is 0 Å². The van der Waals surface area contributed by atoms with Crippen molar-refractivity contribution in [1.29, 1.82) is 0 Å². The van der Waals surface area contributed by atoms with Crippen molar-refractivity contribution in [2.75, 3.05) is 12.3 Å². The number of benzene rings is 2. The molecule has 1 aromatic heterocycles. The molecule has 1 amide bonds. The van der Waals surface area contributed by atoms with Gasteiger partial charge >= 0.3 is 0 Å². The first kappa shape index (κ1) is 16.8. The van der Waals surface area contributed by atoms with E-state index in [2.05, 4.69) is 22.3 Å². The second kappa shape index (κ2) is 7.29. The van der Waals surface area contributed by atoms with E-state index in [1.54, 1.807) is 12.1 Å². The first-order chi connectivity index (χ1) is 12.7. The van der Waals surface area contributed by atoms with Gasteiger partial charge in [0.05, 0.1) is 5.75 Å². The van der Waals surface area contributed by atoms with Crippen LogP contribution >= 0.6 is 11.8 Å². The Morgan fingerprint density at radius 1 is 1.12 bits per heavy atom. The van der Waals surface area contributed by atoms with Crippen LogP contribution in [0.3, 0.4) is 0 Å². The third-order valence-electron chi connectivity index (χ3n) is 4.30. The fourth-order valence-corrected chi connectivity index (χ4v) is 3.57. The summed E-state index contributed by atoms with van der Waals surface area (Å²) in [5, 5.41) is 8.23. The molecule has 5 nitrogen and oxygen atoms in total. The van der Waals surface area contributed by atoms with Gasteiger partial charge in [-0.3, -0.25) is 4.79 Å². The summed E-state index contributed by atoms with van der Waals surface area (Å²) in [4.78, 5) is 14.3. The molecule has 2 heterocycles. The number of aromatic nitrogens is 2. The molecule has 132 valence electrons. The standard InChI is InChI=1S/C19H16FN3O2S/c20-16-7-5-14(6-8-16)18-21-22-19(25-18)26-12-17(24)23-10-9-13-3-1-2-4-15(13)11-23/h1-8H,9-12H2. The van der Waals surface area contributed by atoms with Gasteiger partial charge in [-0.1, -0.05) is 36.0 Å². The number of halogens is 1. The summed E-state index contributed by atoms with van der Waals surface area (Å²) in [7, 11) is 0. The fraction of sp³-hybridized carbons (Fsp3) is 0.211. The van der Waals surface area contributed by atoms with Crippen molar-refractivity contribution >= 4 is 17.7 Å². The van der Waals surface area contributed by atoms with Crippen molar-refractivity contribution in [2.24, 2.45) is 0 Å². The van der Waals surface area contributed by atoms with Gasteiger partial charge in [0.25, 0.3) is 5.22 Å². The Hall–Kier alpha value is -2.67. The topological polar surface area (TPSA) is 59.2 Å². The quantitative estimate of drug-likeness (QED) is 0.658. The molecule has 3 aromatic rings. The number of rotatable bonds is 4. The van der Waals surface area contributed by atoms with Gasteiger partial charge in [0, 0.05) is 18.7 Å². The summed E-state index contributed by atoms with van der Waals surface area (Å²) < 4.78 is 18.5. The average Bonchev–Trinajstić information content (AvgIpc) is 3.15. The van der Waals surface area contributed by atoms with Crippen LogP contribution in [0.5, 0.6) is 0 Å². The molecule has 1 aliphatic rings. The lowest BCUT2D eigenvalue weighted by molar-refractivity contribution is -0.129. The Labute approximate surface area is 154 Å². The predicted octanol–water partition coefficient (Wildman–Crippen LogP) is 3.55. The van der Waals surface area contributed by atoms with E-state index in [1.807, 2.05) is 17.0 Å². The number of nitrogens with zero attached hydrogens (tertiary/aromatic N) is 3. The summed E-state index contributed by atoms with van der Waals surface area (Å²) in [5.74, 6) is 0.280. The molecule has 7 heteroatoms. The van der Waals surface area contributed by atoms with Gasteiger partial charge in [-0.05, 0) is 41.8 Å². The van der Waals surface area contributed by atoms with Crippen molar-refractivity contribution in [3.8, 4) is 11.5 Å². The van der Waals surface area contributed by atoms with Gasteiger partial charge in [-0.25, -0.2) is 4.39 Å². The number of thioether (sulfide) groups is 1. The largest absolute Gasteiger partial charge is 0.411 e. The van der Waals surface area contributed by atoms with Crippen molar-refractivity contribution < 1.29 is 13.6 Å². The molecule has 0 unspecified atom stereocenters. The van der Waals surface area contributed by atoms with Crippen LogP contribution in [0.25, 0.3) is 11.5 Å². The van der Waals surface area contributed by atoms with E-state index in [0.29, 0.717) is 23.2 Å². The van der Waals surface area contributed by atoms with Gasteiger partial charge in [0.1, 0.15) is 5.82 Å². The number of carbonyl (C=O) groups excluding carboxylic acids is 1. The number of hydrogen-bond acceptors (Lipinski definition) is 5. The lowest BCUT2D eigenvalue weighted by atomic mass is 10.00. The second-order valence-corrected chi connectivity index (χ2v) is 6.93. The van der Waals surface area contributed by atoms with E-state index in [1.165, 1.54) is 35.0 Å². The number of fused-ring (bicyclic) bond motifs is 1. The average molecular weight is 369 g/mol. The van der Waals surface area contributed by atoms with Crippen LogP contribution in [0.15, 0.2) is 58.2 Å². The summed E-state index contributed by atoms with van der Waals surface area (Å²) >= 11 is 1.22. The zero-order valence-electron chi connectivity index (χ0n) is 13.9. The smallest absolute Gasteiger partial charge is 0.277 e. The zero-order valence-corrected chi connectivity index (χ0v) is 14.7. The third-order valence-corrected chi connectivity index (χ3v) is 5.10. The maximum Gasteiger partial charge on any atom is 0.277 e. The van der Waals surface area contributed by atoms with Crippen LogP contribution < -0.4 is 0 Å².